The molecule has 132 valence electrons. The highest BCUT2D eigenvalue weighted by Crippen LogP contribution is 2.17. The average Bonchev–Trinajstić information content (AvgIpc) is 2.68. The predicted molar refractivity (Wildman–Crippen MR) is 103 cm³/mol. The van der Waals surface area contributed by atoms with E-state index in [0.29, 0.717) is 17.5 Å². The van der Waals surface area contributed by atoms with E-state index in [2.05, 4.69) is 26.2 Å². The Balaban J connectivity index is 1.85. The molecule has 0 aliphatic carbocycles. The monoisotopic (exact) mass is 412 g/mol. The summed E-state index contributed by atoms with van der Waals surface area (Å²) in [5.74, 6) is -0.851. The first-order chi connectivity index (χ1) is 12.6. The second-order valence-corrected chi connectivity index (χ2v) is 6.68. The zero-order chi connectivity index (χ0) is 18.5. The van der Waals surface area contributed by atoms with E-state index in [1.807, 2.05) is 42.5 Å². The van der Waals surface area contributed by atoms with Crippen molar-refractivity contribution < 1.29 is 14.3 Å². The van der Waals surface area contributed by atoms with Gasteiger partial charge in [-0.15, -0.1) is 0 Å². The Kier molecular flexibility index (Phi) is 5.63. The molecule has 26 heavy (non-hydrogen) atoms. The third-order valence-corrected chi connectivity index (χ3v) is 4.55. The third-order valence-electron chi connectivity index (χ3n) is 4.02. The summed E-state index contributed by atoms with van der Waals surface area (Å²) in [6, 6.07) is 15.9. The topological polar surface area (TPSA) is 68.3 Å². The average molecular weight is 413 g/mol. The van der Waals surface area contributed by atoms with Gasteiger partial charge in [0.25, 0.3) is 5.91 Å². The van der Waals surface area contributed by atoms with E-state index >= 15 is 0 Å². The maximum Gasteiger partial charge on any atom is 0.328 e. The van der Waals surface area contributed by atoms with Crippen LogP contribution in [0, 0.1) is 0 Å². The first kappa shape index (κ1) is 18.1. The summed E-state index contributed by atoms with van der Waals surface area (Å²) in [6.45, 7) is 0. The summed E-state index contributed by atoms with van der Waals surface area (Å²) in [5.41, 5.74) is 1.94. The standard InChI is InChI=1S/C20H17BrN2O3/c1-26-20(25)17(12-13-7-9-15(21)10-8-13)23-19(24)16-6-2-4-14-5-3-11-22-18(14)16/h2-11,17H,12H2,1H3,(H,23,24)/t17-/m0/s1. The van der Waals surface area contributed by atoms with Crippen molar-refractivity contribution >= 4 is 38.7 Å². The van der Waals surface area contributed by atoms with Crippen LogP contribution >= 0.6 is 15.9 Å². The molecule has 1 N–H and O–H groups in total. The lowest BCUT2D eigenvalue weighted by atomic mass is 10.0. The molecule has 0 fully saturated rings. The number of ether oxygens (including phenoxy) is 1. The largest absolute Gasteiger partial charge is 0.467 e. The van der Waals surface area contributed by atoms with Gasteiger partial charge in [-0.1, -0.05) is 46.3 Å². The number of hydrogen-bond acceptors (Lipinski definition) is 4. The van der Waals surface area contributed by atoms with Gasteiger partial charge in [-0.05, 0) is 29.8 Å². The molecule has 1 amide bonds. The van der Waals surface area contributed by atoms with Crippen LogP contribution < -0.4 is 5.32 Å². The molecular weight excluding hydrogens is 396 g/mol. The lowest BCUT2D eigenvalue weighted by Crippen LogP contribution is -2.43. The molecule has 0 saturated carbocycles. The van der Waals surface area contributed by atoms with Crippen LogP contribution in [0.2, 0.25) is 0 Å². The number of amides is 1. The second-order valence-electron chi connectivity index (χ2n) is 5.76. The van der Waals surface area contributed by atoms with Crippen LogP contribution in [-0.4, -0.2) is 30.0 Å². The number of methoxy groups -OCH3 is 1. The first-order valence-corrected chi connectivity index (χ1v) is 8.84. The van der Waals surface area contributed by atoms with Gasteiger partial charge in [-0.25, -0.2) is 4.79 Å². The minimum absolute atomic E-state index is 0.337. The molecular formula is C20H17BrN2O3. The quantitative estimate of drug-likeness (QED) is 0.651. The van der Waals surface area contributed by atoms with Gasteiger partial charge < -0.3 is 10.1 Å². The number of rotatable bonds is 5. The summed E-state index contributed by atoms with van der Waals surface area (Å²) < 4.78 is 5.80. The summed E-state index contributed by atoms with van der Waals surface area (Å²) in [5, 5.41) is 3.64. The third kappa shape index (κ3) is 4.08. The van der Waals surface area contributed by atoms with Crippen LogP contribution in [0.1, 0.15) is 15.9 Å². The van der Waals surface area contributed by atoms with Crippen LogP contribution in [0.4, 0.5) is 0 Å². The summed E-state index contributed by atoms with van der Waals surface area (Å²) >= 11 is 3.38. The van der Waals surface area contributed by atoms with Gasteiger partial charge in [0.05, 0.1) is 18.2 Å². The van der Waals surface area contributed by atoms with Crippen LogP contribution in [0.25, 0.3) is 10.9 Å². The SMILES string of the molecule is COC(=O)[C@H](Cc1ccc(Br)cc1)NC(=O)c1cccc2cccnc12. The molecule has 0 unspecified atom stereocenters. The van der Waals surface area contributed by atoms with Crippen molar-refractivity contribution in [3.8, 4) is 0 Å². The van der Waals surface area contributed by atoms with Crippen molar-refractivity contribution in [3.05, 3.63) is 76.4 Å². The van der Waals surface area contributed by atoms with Gasteiger partial charge >= 0.3 is 5.97 Å². The smallest absolute Gasteiger partial charge is 0.328 e. The molecule has 5 nitrogen and oxygen atoms in total. The maximum atomic E-state index is 12.8. The van der Waals surface area contributed by atoms with E-state index in [-0.39, 0.29) is 5.91 Å². The fourth-order valence-corrected chi connectivity index (χ4v) is 2.98. The molecule has 1 heterocycles. The zero-order valence-corrected chi connectivity index (χ0v) is 15.7. The van der Waals surface area contributed by atoms with Gasteiger partial charge in [-0.3, -0.25) is 9.78 Å². The van der Waals surface area contributed by atoms with Crippen molar-refractivity contribution in [3.63, 3.8) is 0 Å². The lowest BCUT2D eigenvalue weighted by molar-refractivity contribution is -0.142. The van der Waals surface area contributed by atoms with Gasteiger partial charge in [0.2, 0.25) is 0 Å². The molecule has 3 rings (SSSR count). The van der Waals surface area contributed by atoms with Crippen molar-refractivity contribution in [1.29, 1.82) is 0 Å². The minimum Gasteiger partial charge on any atom is -0.467 e. The van der Waals surface area contributed by atoms with Crippen molar-refractivity contribution in [2.45, 2.75) is 12.5 Å². The van der Waals surface area contributed by atoms with Gasteiger partial charge in [0.1, 0.15) is 6.04 Å². The lowest BCUT2D eigenvalue weighted by Gasteiger charge is -2.17. The van der Waals surface area contributed by atoms with E-state index in [1.54, 1.807) is 18.3 Å². The Morgan fingerprint density at radius 2 is 1.85 bits per heavy atom. The minimum atomic E-state index is -0.785. The summed E-state index contributed by atoms with van der Waals surface area (Å²) in [7, 11) is 1.31. The number of benzene rings is 2. The number of fused-ring (bicyclic) bond motifs is 1. The zero-order valence-electron chi connectivity index (χ0n) is 14.1. The highest BCUT2D eigenvalue weighted by atomic mass is 79.9. The van der Waals surface area contributed by atoms with Gasteiger partial charge in [0.15, 0.2) is 0 Å². The number of carbonyl (C=O) groups excluding carboxylic acids is 2. The molecule has 0 aliphatic rings. The highest BCUT2D eigenvalue weighted by Gasteiger charge is 2.23. The number of nitrogens with zero attached hydrogens (tertiary/aromatic N) is 1. The van der Waals surface area contributed by atoms with Crippen molar-refractivity contribution in [2.75, 3.05) is 7.11 Å². The summed E-state index contributed by atoms with van der Waals surface area (Å²) in [4.78, 5) is 29.2. The number of pyridine rings is 1. The molecule has 0 radical (unpaired) electrons. The molecule has 2 aromatic carbocycles. The molecule has 0 aliphatic heterocycles. The Morgan fingerprint density at radius 1 is 1.12 bits per heavy atom. The van der Waals surface area contributed by atoms with Gasteiger partial charge in [-0.2, -0.15) is 0 Å². The number of esters is 1. The molecule has 1 aromatic heterocycles. The molecule has 0 spiro atoms. The Hall–Kier alpha value is -2.73. The molecule has 1 atom stereocenters. The number of para-hydroxylation sites is 1. The normalized spacial score (nSPS) is 11.8. The van der Waals surface area contributed by atoms with Gasteiger partial charge in [0, 0.05) is 22.5 Å². The molecule has 3 aromatic rings. The molecule has 0 bridgehead atoms. The van der Waals surface area contributed by atoms with E-state index in [0.717, 1.165) is 15.4 Å². The Morgan fingerprint density at radius 3 is 2.58 bits per heavy atom. The first-order valence-electron chi connectivity index (χ1n) is 8.05. The van der Waals surface area contributed by atoms with E-state index in [9.17, 15) is 9.59 Å². The van der Waals surface area contributed by atoms with E-state index < -0.39 is 12.0 Å². The maximum absolute atomic E-state index is 12.8. The van der Waals surface area contributed by atoms with Crippen molar-refractivity contribution in [2.24, 2.45) is 0 Å². The van der Waals surface area contributed by atoms with Crippen molar-refractivity contribution in [1.82, 2.24) is 10.3 Å². The Labute approximate surface area is 159 Å². The predicted octanol–water partition coefficient (Wildman–Crippen LogP) is 3.51. The molecule has 6 heteroatoms. The van der Waals surface area contributed by atoms with Crippen LogP contribution in [0.5, 0.6) is 0 Å². The fraction of sp³-hybridized carbons (Fsp3) is 0.150. The Bertz CT molecular complexity index is 936. The van der Waals surface area contributed by atoms with Crippen LogP contribution in [-0.2, 0) is 16.0 Å². The number of aromatic nitrogens is 1. The second kappa shape index (κ2) is 8.10. The molecule has 0 saturated heterocycles. The highest BCUT2D eigenvalue weighted by molar-refractivity contribution is 9.10. The van der Waals surface area contributed by atoms with E-state index in [4.69, 9.17) is 4.74 Å². The van der Waals surface area contributed by atoms with Crippen LogP contribution in [0.15, 0.2) is 65.3 Å². The van der Waals surface area contributed by atoms with E-state index in [1.165, 1.54) is 7.11 Å². The fourth-order valence-electron chi connectivity index (χ4n) is 2.72. The number of carbonyl (C=O) groups is 2. The van der Waals surface area contributed by atoms with Crippen LogP contribution in [0.3, 0.4) is 0 Å². The number of halogens is 1. The number of nitrogens with one attached hydrogen (secondary N) is 1. The summed E-state index contributed by atoms with van der Waals surface area (Å²) in [6.07, 6.45) is 1.97. The number of hydrogen-bond donors (Lipinski definition) is 1.